The van der Waals surface area contributed by atoms with Gasteiger partial charge in [-0.2, -0.15) is 0 Å². The highest BCUT2D eigenvalue weighted by atomic mass is 16.5. The van der Waals surface area contributed by atoms with Gasteiger partial charge in [0.05, 0.1) is 12.1 Å². The van der Waals surface area contributed by atoms with Gasteiger partial charge in [-0.1, -0.05) is 31.9 Å². The summed E-state index contributed by atoms with van der Waals surface area (Å²) in [4.78, 5) is 12.2. The Morgan fingerprint density at radius 1 is 1.43 bits per heavy atom. The molecule has 3 N–H and O–H groups in total. The Labute approximate surface area is 127 Å². The molecule has 1 aliphatic carbocycles. The van der Waals surface area contributed by atoms with Gasteiger partial charge in [0.15, 0.2) is 0 Å². The zero-order valence-corrected chi connectivity index (χ0v) is 13.0. The van der Waals surface area contributed by atoms with E-state index in [-0.39, 0.29) is 12.0 Å². The first-order valence-electron chi connectivity index (χ1n) is 7.84. The van der Waals surface area contributed by atoms with E-state index >= 15 is 0 Å². The van der Waals surface area contributed by atoms with Crippen LogP contribution in [0.2, 0.25) is 0 Å². The minimum absolute atomic E-state index is 0.0271. The maximum absolute atomic E-state index is 12.2. The van der Waals surface area contributed by atoms with Crippen molar-refractivity contribution in [1.29, 1.82) is 0 Å². The van der Waals surface area contributed by atoms with E-state index in [2.05, 4.69) is 12.2 Å². The van der Waals surface area contributed by atoms with E-state index in [1.165, 1.54) is 5.56 Å². The third-order valence-electron chi connectivity index (χ3n) is 4.19. The fourth-order valence-electron chi connectivity index (χ4n) is 2.77. The molecule has 0 heterocycles. The van der Waals surface area contributed by atoms with Crippen molar-refractivity contribution >= 4 is 5.91 Å². The van der Waals surface area contributed by atoms with Crippen molar-refractivity contribution in [3.63, 3.8) is 0 Å². The van der Waals surface area contributed by atoms with E-state index in [0.717, 1.165) is 37.9 Å². The standard InChI is InChI=1S/C17H26N2O2/c1-3-14(21-15-8-6-7-13(2)11-15)12-19-16(20)17(18)9-4-5-10-17/h6-8,11,14H,3-5,9-10,12,18H2,1-2H3,(H,19,20). The van der Waals surface area contributed by atoms with Crippen LogP contribution in [0, 0.1) is 6.92 Å². The van der Waals surface area contributed by atoms with Crippen molar-refractivity contribution in [3.05, 3.63) is 29.8 Å². The minimum Gasteiger partial charge on any atom is -0.489 e. The van der Waals surface area contributed by atoms with Crippen LogP contribution in [-0.4, -0.2) is 24.1 Å². The van der Waals surface area contributed by atoms with Crippen molar-refractivity contribution in [2.24, 2.45) is 5.73 Å². The Hall–Kier alpha value is -1.55. The Kier molecular flexibility index (Phi) is 5.23. The first-order chi connectivity index (χ1) is 10.0. The molecule has 0 bridgehead atoms. The van der Waals surface area contributed by atoms with E-state index in [0.29, 0.717) is 6.54 Å². The average Bonchev–Trinajstić information content (AvgIpc) is 2.91. The third-order valence-corrected chi connectivity index (χ3v) is 4.19. The fraction of sp³-hybridized carbons (Fsp3) is 0.588. The molecular formula is C17H26N2O2. The number of aryl methyl sites for hydroxylation is 1. The van der Waals surface area contributed by atoms with E-state index in [4.69, 9.17) is 10.5 Å². The number of carbonyl (C=O) groups excluding carboxylic acids is 1. The molecule has 1 fully saturated rings. The topological polar surface area (TPSA) is 64.4 Å². The van der Waals surface area contributed by atoms with Gasteiger partial charge in [-0.15, -0.1) is 0 Å². The first-order valence-corrected chi connectivity index (χ1v) is 7.84. The average molecular weight is 290 g/mol. The van der Waals surface area contributed by atoms with Crippen molar-refractivity contribution in [3.8, 4) is 5.75 Å². The number of hydrogen-bond donors (Lipinski definition) is 2. The molecule has 4 heteroatoms. The van der Waals surface area contributed by atoms with Crippen LogP contribution in [-0.2, 0) is 4.79 Å². The van der Waals surface area contributed by atoms with Crippen LogP contribution >= 0.6 is 0 Å². The summed E-state index contributed by atoms with van der Waals surface area (Å²) >= 11 is 0. The molecule has 1 saturated carbocycles. The fourth-order valence-corrected chi connectivity index (χ4v) is 2.77. The predicted octanol–water partition coefficient (Wildman–Crippen LogP) is 2.54. The van der Waals surface area contributed by atoms with Gasteiger partial charge in [-0.25, -0.2) is 0 Å². The van der Waals surface area contributed by atoms with Crippen molar-refractivity contribution in [1.82, 2.24) is 5.32 Å². The zero-order chi connectivity index (χ0) is 15.3. The number of nitrogens with one attached hydrogen (secondary N) is 1. The monoisotopic (exact) mass is 290 g/mol. The SMILES string of the molecule is CCC(CNC(=O)C1(N)CCCC1)Oc1cccc(C)c1. The van der Waals surface area contributed by atoms with Crippen LogP contribution < -0.4 is 15.8 Å². The molecule has 116 valence electrons. The van der Waals surface area contributed by atoms with Crippen molar-refractivity contribution in [2.75, 3.05) is 6.54 Å². The predicted molar refractivity (Wildman–Crippen MR) is 84.3 cm³/mol. The van der Waals surface area contributed by atoms with Gasteiger partial charge in [0.1, 0.15) is 11.9 Å². The van der Waals surface area contributed by atoms with Crippen LogP contribution in [0.25, 0.3) is 0 Å². The summed E-state index contributed by atoms with van der Waals surface area (Å²) in [6, 6.07) is 7.96. The van der Waals surface area contributed by atoms with Gasteiger partial charge in [0.25, 0.3) is 0 Å². The third kappa shape index (κ3) is 4.21. The molecule has 21 heavy (non-hydrogen) atoms. The molecule has 4 nitrogen and oxygen atoms in total. The number of carbonyl (C=O) groups is 1. The molecule has 0 aliphatic heterocycles. The Morgan fingerprint density at radius 3 is 2.76 bits per heavy atom. The number of ether oxygens (including phenoxy) is 1. The molecule has 0 saturated heterocycles. The highest BCUT2D eigenvalue weighted by Crippen LogP contribution is 2.27. The lowest BCUT2D eigenvalue weighted by Gasteiger charge is -2.24. The number of rotatable bonds is 6. The highest BCUT2D eigenvalue weighted by Gasteiger charge is 2.36. The molecule has 0 spiro atoms. The first kappa shape index (κ1) is 15.8. The molecule has 2 rings (SSSR count). The van der Waals surface area contributed by atoms with Gasteiger partial charge in [-0.05, 0) is 43.9 Å². The van der Waals surface area contributed by atoms with Crippen molar-refractivity contribution in [2.45, 2.75) is 57.6 Å². The molecule has 1 aromatic carbocycles. The Balaban J connectivity index is 1.86. The van der Waals surface area contributed by atoms with E-state index in [1.807, 2.05) is 31.2 Å². The van der Waals surface area contributed by atoms with Gasteiger partial charge >= 0.3 is 0 Å². The summed E-state index contributed by atoms with van der Waals surface area (Å²) in [5.74, 6) is 0.811. The van der Waals surface area contributed by atoms with Crippen LogP contribution in [0.5, 0.6) is 5.75 Å². The molecule has 0 aromatic heterocycles. The lowest BCUT2D eigenvalue weighted by atomic mass is 9.98. The number of nitrogens with two attached hydrogens (primary N) is 1. The van der Waals surface area contributed by atoms with Gasteiger partial charge < -0.3 is 15.8 Å². The lowest BCUT2D eigenvalue weighted by Crippen LogP contribution is -2.53. The number of hydrogen-bond acceptors (Lipinski definition) is 3. The molecule has 1 atom stereocenters. The van der Waals surface area contributed by atoms with Crippen LogP contribution in [0.15, 0.2) is 24.3 Å². The quantitative estimate of drug-likeness (QED) is 0.846. The summed E-state index contributed by atoms with van der Waals surface area (Å²) in [7, 11) is 0. The Morgan fingerprint density at radius 2 is 2.14 bits per heavy atom. The largest absolute Gasteiger partial charge is 0.489 e. The second-order valence-corrected chi connectivity index (χ2v) is 6.04. The van der Waals surface area contributed by atoms with Gasteiger partial charge in [-0.3, -0.25) is 4.79 Å². The summed E-state index contributed by atoms with van der Waals surface area (Å²) in [5, 5.41) is 2.96. The normalized spacial score (nSPS) is 18.2. The molecule has 1 aliphatic rings. The maximum Gasteiger partial charge on any atom is 0.240 e. The second kappa shape index (κ2) is 6.94. The molecule has 1 unspecified atom stereocenters. The van der Waals surface area contributed by atoms with E-state index < -0.39 is 5.54 Å². The summed E-state index contributed by atoms with van der Waals surface area (Å²) in [6.07, 6.45) is 4.47. The van der Waals surface area contributed by atoms with Crippen LogP contribution in [0.1, 0.15) is 44.6 Å². The highest BCUT2D eigenvalue weighted by molar-refractivity contribution is 5.86. The molecule has 1 aromatic rings. The second-order valence-electron chi connectivity index (χ2n) is 6.04. The smallest absolute Gasteiger partial charge is 0.240 e. The summed E-state index contributed by atoms with van der Waals surface area (Å²) in [5.41, 5.74) is 6.65. The maximum atomic E-state index is 12.2. The van der Waals surface area contributed by atoms with E-state index in [1.54, 1.807) is 0 Å². The molecule has 0 radical (unpaired) electrons. The van der Waals surface area contributed by atoms with Crippen LogP contribution in [0.3, 0.4) is 0 Å². The Bertz CT molecular complexity index is 481. The lowest BCUT2D eigenvalue weighted by molar-refractivity contribution is -0.126. The van der Waals surface area contributed by atoms with Crippen LogP contribution in [0.4, 0.5) is 0 Å². The van der Waals surface area contributed by atoms with E-state index in [9.17, 15) is 4.79 Å². The zero-order valence-electron chi connectivity index (χ0n) is 13.0. The number of amides is 1. The number of benzene rings is 1. The van der Waals surface area contributed by atoms with Gasteiger partial charge in [0, 0.05) is 0 Å². The van der Waals surface area contributed by atoms with Crippen molar-refractivity contribution < 1.29 is 9.53 Å². The molecule has 1 amide bonds. The van der Waals surface area contributed by atoms with Gasteiger partial charge in [0.2, 0.25) is 5.91 Å². The summed E-state index contributed by atoms with van der Waals surface area (Å²) < 4.78 is 5.93. The minimum atomic E-state index is -0.665. The molecular weight excluding hydrogens is 264 g/mol. The summed E-state index contributed by atoms with van der Waals surface area (Å²) in [6.45, 7) is 4.59.